The van der Waals surface area contributed by atoms with Gasteiger partial charge in [-0.1, -0.05) is 35.0 Å². The highest BCUT2D eigenvalue weighted by Crippen LogP contribution is 2.39. The first kappa shape index (κ1) is 14.0. The maximum Gasteiger partial charge on any atom is 0.283 e. The fourth-order valence-electron chi connectivity index (χ4n) is 1.45. The van der Waals surface area contributed by atoms with E-state index in [1.165, 1.54) is 23.9 Å². The lowest BCUT2D eigenvalue weighted by atomic mass is 10.3. The molecule has 19 heavy (non-hydrogen) atoms. The van der Waals surface area contributed by atoms with Crippen LogP contribution in [0.5, 0.6) is 0 Å². The Morgan fingerprint density at radius 2 is 1.68 bits per heavy atom. The van der Waals surface area contributed by atoms with Gasteiger partial charge in [-0.3, -0.25) is 10.1 Å². The van der Waals surface area contributed by atoms with Gasteiger partial charge in [-0.05, 0) is 30.3 Å². The van der Waals surface area contributed by atoms with Gasteiger partial charge in [-0.15, -0.1) is 0 Å². The van der Waals surface area contributed by atoms with Crippen molar-refractivity contribution >= 4 is 46.3 Å². The van der Waals surface area contributed by atoms with Crippen molar-refractivity contribution in [3.63, 3.8) is 0 Å². The Balaban J connectivity index is 2.42. The summed E-state index contributed by atoms with van der Waals surface area (Å²) in [6.45, 7) is 0. The van der Waals surface area contributed by atoms with Crippen LogP contribution in [0.25, 0.3) is 0 Å². The van der Waals surface area contributed by atoms with Crippen molar-refractivity contribution in [2.75, 3.05) is 5.73 Å². The second-order valence-corrected chi connectivity index (χ2v) is 5.61. The number of halogens is 2. The smallest absolute Gasteiger partial charge is 0.283 e. The van der Waals surface area contributed by atoms with Crippen LogP contribution in [0.4, 0.5) is 11.4 Å². The van der Waals surface area contributed by atoms with Crippen molar-refractivity contribution in [2.45, 2.75) is 9.79 Å². The summed E-state index contributed by atoms with van der Waals surface area (Å²) in [6, 6.07) is 9.38. The molecule has 2 aromatic carbocycles. The minimum absolute atomic E-state index is 0.0104. The maximum atomic E-state index is 11.0. The molecule has 0 aliphatic carbocycles. The van der Waals surface area contributed by atoms with E-state index in [0.717, 1.165) is 0 Å². The lowest BCUT2D eigenvalue weighted by Gasteiger charge is -2.06. The topological polar surface area (TPSA) is 69.2 Å². The highest BCUT2D eigenvalue weighted by molar-refractivity contribution is 7.99. The first-order valence-corrected chi connectivity index (χ1v) is 6.71. The van der Waals surface area contributed by atoms with Gasteiger partial charge >= 0.3 is 0 Å². The quantitative estimate of drug-likeness (QED) is 0.509. The van der Waals surface area contributed by atoms with E-state index in [4.69, 9.17) is 28.9 Å². The summed E-state index contributed by atoms with van der Waals surface area (Å²) in [5.41, 5.74) is 6.28. The van der Waals surface area contributed by atoms with E-state index in [0.29, 0.717) is 25.5 Å². The average molecular weight is 315 g/mol. The number of hydrogen-bond acceptors (Lipinski definition) is 4. The molecule has 0 unspecified atom stereocenters. The molecule has 0 fully saturated rings. The Labute approximate surface area is 123 Å². The van der Waals surface area contributed by atoms with Crippen molar-refractivity contribution in [3.8, 4) is 0 Å². The highest BCUT2D eigenvalue weighted by Gasteiger charge is 2.16. The molecule has 7 heteroatoms. The number of nitro groups is 1. The van der Waals surface area contributed by atoms with E-state index in [-0.39, 0.29) is 5.69 Å². The molecule has 0 saturated heterocycles. The number of hydrogen-bond donors (Lipinski definition) is 1. The van der Waals surface area contributed by atoms with E-state index in [2.05, 4.69) is 0 Å². The number of anilines is 1. The summed E-state index contributed by atoms with van der Waals surface area (Å²) in [5.74, 6) is 0. The summed E-state index contributed by atoms with van der Waals surface area (Å²) < 4.78 is 0. The molecule has 0 amide bonds. The van der Waals surface area contributed by atoms with Crippen molar-refractivity contribution in [2.24, 2.45) is 0 Å². The van der Waals surface area contributed by atoms with E-state index >= 15 is 0 Å². The largest absolute Gasteiger partial charge is 0.398 e. The molecule has 0 heterocycles. The molecule has 0 spiro atoms. The van der Waals surface area contributed by atoms with Crippen LogP contribution in [0.2, 0.25) is 10.0 Å². The van der Waals surface area contributed by atoms with Crippen LogP contribution in [-0.2, 0) is 0 Å². The Morgan fingerprint density at radius 3 is 2.32 bits per heavy atom. The van der Waals surface area contributed by atoms with Crippen LogP contribution in [0.3, 0.4) is 0 Å². The molecular formula is C12H8Cl2N2O2S. The van der Waals surface area contributed by atoms with Crippen molar-refractivity contribution in [1.82, 2.24) is 0 Å². The third kappa shape index (κ3) is 3.32. The summed E-state index contributed by atoms with van der Waals surface area (Å²) in [6.07, 6.45) is 0. The fraction of sp³-hybridized carbons (Fsp3) is 0. The van der Waals surface area contributed by atoms with Crippen LogP contribution in [0, 0.1) is 10.1 Å². The Bertz CT molecular complexity index is 650. The molecule has 0 radical (unpaired) electrons. The zero-order valence-electron chi connectivity index (χ0n) is 9.47. The zero-order valence-corrected chi connectivity index (χ0v) is 11.8. The van der Waals surface area contributed by atoms with Gasteiger partial charge in [0.05, 0.1) is 9.82 Å². The van der Waals surface area contributed by atoms with E-state index < -0.39 is 4.92 Å². The lowest BCUT2D eigenvalue weighted by molar-refractivity contribution is -0.387. The minimum Gasteiger partial charge on any atom is -0.398 e. The van der Waals surface area contributed by atoms with Gasteiger partial charge in [0.25, 0.3) is 5.69 Å². The van der Waals surface area contributed by atoms with Crippen molar-refractivity contribution < 1.29 is 4.92 Å². The summed E-state index contributed by atoms with van der Waals surface area (Å²) in [5, 5.41) is 11.9. The molecule has 0 bridgehead atoms. The average Bonchev–Trinajstić information content (AvgIpc) is 2.32. The Kier molecular flexibility index (Phi) is 4.19. The Hall–Kier alpha value is -1.43. The SMILES string of the molecule is Nc1cc(Cl)ccc1Sc1cc(Cl)ccc1[N+](=O)[O-]. The van der Waals surface area contributed by atoms with Crippen LogP contribution in [0.1, 0.15) is 0 Å². The molecule has 0 atom stereocenters. The van der Waals surface area contributed by atoms with E-state index in [1.807, 2.05) is 0 Å². The normalized spacial score (nSPS) is 10.4. The van der Waals surface area contributed by atoms with Gasteiger partial charge < -0.3 is 5.73 Å². The van der Waals surface area contributed by atoms with E-state index in [9.17, 15) is 10.1 Å². The number of rotatable bonds is 3. The molecule has 0 saturated carbocycles. The van der Waals surface area contributed by atoms with Crippen LogP contribution < -0.4 is 5.73 Å². The molecular weight excluding hydrogens is 307 g/mol. The van der Waals surface area contributed by atoms with Crippen LogP contribution in [0.15, 0.2) is 46.2 Å². The first-order valence-electron chi connectivity index (χ1n) is 5.14. The van der Waals surface area contributed by atoms with Crippen molar-refractivity contribution in [3.05, 3.63) is 56.6 Å². The van der Waals surface area contributed by atoms with Gasteiger partial charge in [0.2, 0.25) is 0 Å². The lowest BCUT2D eigenvalue weighted by Crippen LogP contribution is -1.92. The molecule has 0 aliphatic heterocycles. The third-order valence-corrected chi connectivity index (χ3v) is 3.92. The number of benzene rings is 2. The maximum absolute atomic E-state index is 11.0. The second kappa shape index (κ2) is 5.69. The van der Waals surface area contributed by atoms with Gasteiger partial charge in [0.1, 0.15) is 0 Å². The molecule has 2 N–H and O–H groups in total. The zero-order chi connectivity index (χ0) is 14.0. The monoisotopic (exact) mass is 314 g/mol. The Morgan fingerprint density at radius 1 is 1.05 bits per heavy atom. The molecule has 0 aliphatic rings. The molecule has 2 aromatic rings. The van der Waals surface area contributed by atoms with Gasteiger partial charge in [0.15, 0.2) is 0 Å². The van der Waals surface area contributed by atoms with Crippen LogP contribution >= 0.6 is 35.0 Å². The number of nitrogens with zero attached hydrogens (tertiary/aromatic N) is 1. The minimum atomic E-state index is -0.454. The van der Waals surface area contributed by atoms with Crippen LogP contribution in [-0.4, -0.2) is 4.92 Å². The van der Waals surface area contributed by atoms with Gasteiger partial charge in [-0.25, -0.2) is 0 Å². The van der Waals surface area contributed by atoms with Gasteiger partial charge in [0, 0.05) is 26.7 Å². The van der Waals surface area contributed by atoms with E-state index in [1.54, 1.807) is 24.3 Å². The van der Waals surface area contributed by atoms with Gasteiger partial charge in [-0.2, -0.15) is 0 Å². The summed E-state index contributed by atoms with van der Waals surface area (Å²) in [4.78, 5) is 11.6. The summed E-state index contributed by atoms with van der Waals surface area (Å²) >= 11 is 12.9. The molecule has 98 valence electrons. The second-order valence-electron chi connectivity index (χ2n) is 3.65. The first-order chi connectivity index (χ1) is 8.97. The van der Waals surface area contributed by atoms with Crippen molar-refractivity contribution in [1.29, 1.82) is 0 Å². The summed E-state index contributed by atoms with van der Waals surface area (Å²) in [7, 11) is 0. The highest BCUT2D eigenvalue weighted by atomic mass is 35.5. The third-order valence-electron chi connectivity index (χ3n) is 2.31. The number of nitrogen functional groups attached to an aromatic ring is 1. The predicted molar refractivity (Wildman–Crippen MR) is 78.1 cm³/mol. The standard InChI is InChI=1S/C12H8Cl2N2O2S/c13-7-2-4-11(9(15)5-7)19-12-6-8(14)1-3-10(12)16(17)18/h1-6H,15H2. The molecule has 4 nitrogen and oxygen atoms in total. The predicted octanol–water partition coefficient (Wildman–Crippen LogP) is 4.64. The molecule has 0 aromatic heterocycles. The number of nitrogens with two attached hydrogens (primary N) is 1. The fourth-order valence-corrected chi connectivity index (χ4v) is 2.85. The molecule has 2 rings (SSSR count). The number of nitro benzene ring substituents is 1.